The van der Waals surface area contributed by atoms with Crippen molar-refractivity contribution in [2.75, 3.05) is 39.3 Å². The van der Waals surface area contributed by atoms with Gasteiger partial charge in [-0.1, -0.05) is 49.6 Å². The Labute approximate surface area is 209 Å². The Morgan fingerprint density at radius 1 is 1.09 bits per heavy atom. The van der Waals surface area contributed by atoms with Crippen molar-refractivity contribution >= 4 is 17.5 Å². The normalized spacial score (nSPS) is 19.5. The van der Waals surface area contributed by atoms with Crippen LogP contribution in [0.15, 0.2) is 42.6 Å². The standard InChI is InChI=1S/C28H38ClN3O2/c1-2-3-16-31-19-20-34-26-10-5-4-8-23(26)9-6-7-13-28(22-31)14-17-32(18-15-28)27(33)25-12-11-24(29)21-30-25/h4-5,8,10-12,21H,2-3,6-7,9,13-20,22H2,1H3. The van der Waals surface area contributed by atoms with Crippen LogP contribution in [0.5, 0.6) is 5.75 Å². The molecule has 1 aromatic carbocycles. The molecule has 1 aromatic heterocycles. The number of aromatic nitrogens is 1. The Morgan fingerprint density at radius 2 is 1.91 bits per heavy atom. The number of nitrogens with zero attached hydrogens (tertiary/aromatic N) is 3. The number of para-hydroxylation sites is 1. The zero-order chi connectivity index (χ0) is 23.8. The van der Waals surface area contributed by atoms with Gasteiger partial charge in [-0.25, -0.2) is 4.98 Å². The second-order valence-electron chi connectivity index (χ2n) is 9.95. The largest absolute Gasteiger partial charge is 0.492 e. The summed E-state index contributed by atoms with van der Waals surface area (Å²) in [5.74, 6) is 1.07. The van der Waals surface area contributed by atoms with E-state index in [0.717, 1.165) is 64.3 Å². The number of ether oxygens (including phenoxy) is 1. The van der Waals surface area contributed by atoms with E-state index in [1.807, 2.05) is 4.90 Å². The molecule has 1 fully saturated rings. The lowest BCUT2D eigenvalue weighted by Crippen LogP contribution is -2.49. The third kappa shape index (κ3) is 6.51. The van der Waals surface area contributed by atoms with Crippen LogP contribution in [0.4, 0.5) is 0 Å². The van der Waals surface area contributed by atoms with Gasteiger partial charge in [-0.15, -0.1) is 0 Å². The zero-order valence-electron chi connectivity index (χ0n) is 20.5. The van der Waals surface area contributed by atoms with Gasteiger partial charge in [0.1, 0.15) is 18.1 Å². The Hall–Kier alpha value is -2.11. The Morgan fingerprint density at radius 3 is 2.68 bits per heavy atom. The molecule has 4 rings (SSSR count). The summed E-state index contributed by atoms with van der Waals surface area (Å²) >= 11 is 5.95. The molecule has 0 unspecified atom stereocenters. The van der Waals surface area contributed by atoms with Gasteiger partial charge in [0.05, 0.1) is 5.02 Å². The summed E-state index contributed by atoms with van der Waals surface area (Å²) in [5, 5.41) is 0.557. The number of carbonyl (C=O) groups excluding carboxylic acids is 1. The van der Waals surface area contributed by atoms with Gasteiger partial charge in [-0.2, -0.15) is 0 Å². The van der Waals surface area contributed by atoms with E-state index in [9.17, 15) is 4.79 Å². The minimum Gasteiger partial charge on any atom is -0.492 e. The maximum atomic E-state index is 13.0. The molecule has 6 heteroatoms. The average molecular weight is 484 g/mol. The van der Waals surface area contributed by atoms with Crippen molar-refractivity contribution in [3.05, 3.63) is 58.9 Å². The van der Waals surface area contributed by atoms with Crippen molar-refractivity contribution in [2.24, 2.45) is 5.41 Å². The molecule has 2 aliphatic rings. The first-order chi connectivity index (χ1) is 16.6. The molecular weight excluding hydrogens is 446 g/mol. The quantitative estimate of drug-likeness (QED) is 0.546. The van der Waals surface area contributed by atoms with Gasteiger partial charge >= 0.3 is 0 Å². The van der Waals surface area contributed by atoms with Crippen molar-refractivity contribution < 1.29 is 9.53 Å². The molecule has 0 atom stereocenters. The Balaban J connectivity index is 1.45. The Kier molecular flexibility index (Phi) is 8.85. The molecule has 0 saturated carbocycles. The molecule has 0 bridgehead atoms. The molecule has 2 aromatic rings. The van der Waals surface area contributed by atoms with Crippen LogP contribution in [-0.2, 0) is 6.42 Å². The van der Waals surface area contributed by atoms with Crippen LogP contribution in [0.1, 0.15) is 67.9 Å². The van der Waals surface area contributed by atoms with Crippen molar-refractivity contribution in [3.8, 4) is 5.75 Å². The first-order valence-corrected chi connectivity index (χ1v) is 13.3. The number of unbranched alkanes of at least 4 members (excludes halogenated alkanes) is 1. The highest BCUT2D eigenvalue weighted by atomic mass is 35.5. The fourth-order valence-corrected chi connectivity index (χ4v) is 5.52. The summed E-state index contributed by atoms with van der Waals surface area (Å²) in [7, 11) is 0. The van der Waals surface area contributed by atoms with Crippen LogP contribution < -0.4 is 4.74 Å². The van der Waals surface area contributed by atoms with Crippen LogP contribution in [0.2, 0.25) is 5.02 Å². The number of hydrogen-bond donors (Lipinski definition) is 0. The van der Waals surface area contributed by atoms with Crippen LogP contribution in [0.25, 0.3) is 0 Å². The third-order valence-electron chi connectivity index (χ3n) is 7.49. The molecule has 184 valence electrons. The summed E-state index contributed by atoms with van der Waals surface area (Å²) in [6.07, 6.45) is 10.7. The summed E-state index contributed by atoms with van der Waals surface area (Å²) in [5.41, 5.74) is 2.07. The van der Waals surface area contributed by atoms with Crippen LogP contribution in [0.3, 0.4) is 0 Å². The number of piperidine rings is 1. The minimum atomic E-state index is 0.0208. The first-order valence-electron chi connectivity index (χ1n) is 12.9. The molecule has 0 radical (unpaired) electrons. The highest BCUT2D eigenvalue weighted by Gasteiger charge is 2.37. The average Bonchev–Trinajstić information content (AvgIpc) is 2.86. The number of likely N-dealkylation sites (tertiary alicyclic amines) is 1. The number of carbonyl (C=O) groups is 1. The number of pyridine rings is 1. The van der Waals surface area contributed by atoms with Crippen molar-refractivity contribution in [3.63, 3.8) is 0 Å². The molecular formula is C28H38ClN3O2. The molecule has 0 aliphatic carbocycles. The molecule has 0 N–H and O–H groups in total. The van der Waals surface area contributed by atoms with Crippen molar-refractivity contribution in [1.29, 1.82) is 0 Å². The maximum absolute atomic E-state index is 13.0. The first kappa shape index (κ1) is 25.0. The van der Waals surface area contributed by atoms with Gasteiger partial charge in [0, 0.05) is 32.4 Å². The second-order valence-corrected chi connectivity index (χ2v) is 10.4. The molecule has 1 spiro atoms. The smallest absolute Gasteiger partial charge is 0.272 e. The lowest BCUT2D eigenvalue weighted by molar-refractivity contribution is 0.0371. The van der Waals surface area contributed by atoms with Gasteiger partial charge in [0.15, 0.2) is 0 Å². The van der Waals surface area contributed by atoms with E-state index in [1.165, 1.54) is 37.7 Å². The van der Waals surface area contributed by atoms with Gasteiger partial charge in [-0.3, -0.25) is 9.69 Å². The van der Waals surface area contributed by atoms with Crippen molar-refractivity contribution in [2.45, 2.75) is 58.3 Å². The van der Waals surface area contributed by atoms with Crippen molar-refractivity contribution in [1.82, 2.24) is 14.8 Å². The maximum Gasteiger partial charge on any atom is 0.272 e. The number of hydrogen-bond acceptors (Lipinski definition) is 4. The zero-order valence-corrected chi connectivity index (χ0v) is 21.2. The van der Waals surface area contributed by atoms with E-state index in [4.69, 9.17) is 16.3 Å². The second kappa shape index (κ2) is 12.0. The van der Waals surface area contributed by atoms with Crippen LogP contribution >= 0.6 is 11.6 Å². The monoisotopic (exact) mass is 483 g/mol. The predicted molar refractivity (Wildman–Crippen MR) is 138 cm³/mol. The fraction of sp³-hybridized carbons (Fsp3) is 0.571. The lowest BCUT2D eigenvalue weighted by atomic mass is 9.73. The van der Waals surface area contributed by atoms with Gasteiger partial charge in [0.2, 0.25) is 0 Å². The number of rotatable bonds is 4. The fourth-order valence-electron chi connectivity index (χ4n) is 5.41. The number of benzene rings is 1. The summed E-state index contributed by atoms with van der Waals surface area (Å²) in [6, 6.07) is 12.0. The summed E-state index contributed by atoms with van der Waals surface area (Å²) < 4.78 is 6.24. The molecule has 2 aliphatic heterocycles. The molecule has 1 saturated heterocycles. The van der Waals surface area contributed by atoms with E-state index in [2.05, 4.69) is 41.1 Å². The number of halogens is 1. The third-order valence-corrected chi connectivity index (χ3v) is 7.71. The van der Waals surface area contributed by atoms with E-state index in [-0.39, 0.29) is 11.3 Å². The number of amides is 1. The predicted octanol–water partition coefficient (Wildman–Crippen LogP) is 5.86. The molecule has 34 heavy (non-hydrogen) atoms. The summed E-state index contributed by atoms with van der Waals surface area (Å²) in [4.78, 5) is 21.8. The minimum absolute atomic E-state index is 0.0208. The highest BCUT2D eigenvalue weighted by Crippen LogP contribution is 2.38. The van der Waals surface area contributed by atoms with E-state index >= 15 is 0 Å². The molecule has 3 heterocycles. The Bertz CT molecular complexity index is 926. The van der Waals surface area contributed by atoms with Crippen LogP contribution in [0, 0.1) is 5.41 Å². The van der Waals surface area contributed by atoms with Gasteiger partial charge in [-0.05, 0) is 74.2 Å². The summed E-state index contributed by atoms with van der Waals surface area (Å²) in [6.45, 7) is 7.74. The topological polar surface area (TPSA) is 45.7 Å². The SMILES string of the molecule is CCCCN1CCOc2ccccc2CCCCC2(CCN(C(=O)c3ccc(Cl)cn3)CC2)C1. The number of fused-ring (bicyclic) bond motifs is 1. The van der Waals surface area contributed by atoms with Crippen LogP contribution in [-0.4, -0.2) is 60.0 Å². The highest BCUT2D eigenvalue weighted by molar-refractivity contribution is 6.30. The molecule has 5 nitrogen and oxygen atoms in total. The van der Waals surface area contributed by atoms with E-state index in [1.54, 1.807) is 18.3 Å². The molecule has 1 amide bonds. The lowest BCUT2D eigenvalue weighted by Gasteiger charge is -2.45. The number of aryl methyl sites for hydroxylation is 1. The van der Waals surface area contributed by atoms with Gasteiger partial charge < -0.3 is 9.64 Å². The van der Waals surface area contributed by atoms with E-state index in [0.29, 0.717) is 10.7 Å². The van der Waals surface area contributed by atoms with E-state index < -0.39 is 0 Å². The van der Waals surface area contributed by atoms with Gasteiger partial charge in [0.25, 0.3) is 5.91 Å².